The lowest BCUT2D eigenvalue weighted by Crippen LogP contribution is -2.27. The molecule has 1 unspecified atom stereocenters. The van der Waals surface area contributed by atoms with Gasteiger partial charge in [0.1, 0.15) is 4.90 Å². The molecule has 0 heterocycles. The van der Waals surface area contributed by atoms with E-state index in [4.69, 9.17) is 11.6 Å². The highest BCUT2D eigenvalue weighted by Gasteiger charge is 2.29. The topological polar surface area (TPSA) is 75.3 Å². The summed E-state index contributed by atoms with van der Waals surface area (Å²) in [6, 6.07) is 10.1. The molecule has 5 nitrogen and oxygen atoms in total. The third kappa shape index (κ3) is 4.23. The van der Waals surface area contributed by atoms with Gasteiger partial charge in [-0.05, 0) is 49.6 Å². The number of amides is 1. The Morgan fingerprint density at radius 2 is 1.85 bits per heavy atom. The fourth-order valence-corrected chi connectivity index (χ4v) is 4.06. The second-order valence-corrected chi connectivity index (χ2v) is 8.37. The molecule has 1 aliphatic carbocycles. The van der Waals surface area contributed by atoms with Gasteiger partial charge in [0.2, 0.25) is 15.9 Å². The van der Waals surface area contributed by atoms with Crippen molar-refractivity contribution in [3.8, 4) is 0 Å². The van der Waals surface area contributed by atoms with Crippen molar-refractivity contribution < 1.29 is 17.6 Å². The predicted molar refractivity (Wildman–Crippen MR) is 97.9 cm³/mol. The highest BCUT2D eigenvalue weighted by molar-refractivity contribution is 7.89. The third-order valence-electron chi connectivity index (χ3n) is 4.16. The van der Waals surface area contributed by atoms with Crippen LogP contribution < -0.4 is 10.0 Å². The Morgan fingerprint density at radius 1 is 1.19 bits per heavy atom. The molecule has 8 heteroatoms. The molecule has 2 N–H and O–H groups in total. The van der Waals surface area contributed by atoms with E-state index in [2.05, 4.69) is 10.0 Å². The van der Waals surface area contributed by atoms with Crippen LogP contribution in [0.2, 0.25) is 5.02 Å². The van der Waals surface area contributed by atoms with Crippen molar-refractivity contribution in [3.05, 3.63) is 58.9 Å². The molecule has 0 aliphatic heterocycles. The standard InChI is InChI=1S/C18H18ClFN2O3S/c1-11(22-26(24,25)16-4-2-3-15(19)17(16)20)12-7-9-14(10-8-12)21-18(23)13-5-6-13/h2-4,7-11,13,22H,5-6H2,1H3,(H,21,23). The molecule has 1 amide bonds. The van der Waals surface area contributed by atoms with Crippen LogP contribution >= 0.6 is 11.6 Å². The SMILES string of the molecule is CC(NS(=O)(=O)c1cccc(Cl)c1F)c1ccc(NC(=O)C2CC2)cc1. The van der Waals surface area contributed by atoms with Crippen molar-refractivity contribution in [3.63, 3.8) is 0 Å². The lowest BCUT2D eigenvalue weighted by molar-refractivity contribution is -0.117. The van der Waals surface area contributed by atoms with Crippen LogP contribution in [0.3, 0.4) is 0 Å². The van der Waals surface area contributed by atoms with Gasteiger partial charge in [0.15, 0.2) is 5.82 Å². The van der Waals surface area contributed by atoms with Crippen molar-refractivity contribution in [1.29, 1.82) is 0 Å². The lowest BCUT2D eigenvalue weighted by Gasteiger charge is -2.16. The monoisotopic (exact) mass is 396 g/mol. The molecule has 0 aromatic heterocycles. The molecule has 1 fully saturated rings. The van der Waals surface area contributed by atoms with Gasteiger partial charge in [-0.25, -0.2) is 17.5 Å². The zero-order valence-electron chi connectivity index (χ0n) is 14.0. The Labute approximate surface area is 156 Å². The normalized spacial score (nSPS) is 15.5. The fraction of sp³-hybridized carbons (Fsp3) is 0.278. The fourth-order valence-electron chi connectivity index (χ4n) is 2.50. The average molecular weight is 397 g/mol. The zero-order chi connectivity index (χ0) is 18.9. The Balaban J connectivity index is 1.71. The second-order valence-electron chi connectivity index (χ2n) is 6.28. The molecule has 0 saturated heterocycles. The zero-order valence-corrected chi connectivity index (χ0v) is 15.6. The van der Waals surface area contributed by atoms with E-state index in [0.717, 1.165) is 18.9 Å². The number of halogens is 2. The summed E-state index contributed by atoms with van der Waals surface area (Å²) in [7, 11) is -4.07. The first-order chi connectivity index (χ1) is 12.3. The number of carbonyl (C=O) groups excluding carboxylic acids is 1. The first kappa shape index (κ1) is 18.8. The highest BCUT2D eigenvalue weighted by atomic mass is 35.5. The molecule has 1 aliphatic rings. The number of sulfonamides is 1. The van der Waals surface area contributed by atoms with E-state index in [1.807, 2.05) is 0 Å². The van der Waals surface area contributed by atoms with Crippen LogP contribution in [0.5, 0.6) is 0 Å². The van der Waals surface area contributed by atoms with Gasteiger partial charge in [-0.1, -0.05) is 29.8 Å². The van der Waals surface area contributed by atoms with Gasteiger partial charge in [-0.2, -0.15) is 0 Å². The van der Waals surface area contributed by atoms with Gasteiger partial charge in [-0.15, -0.1) is 0 Å². The summed E-state index contributed by atoms with van der Waals surface area (Å²) < 4.78 is 41.3. The summed E-state index contributed by atoms with van der Waals surface area (Å²) >= 11 is 5.66. The van der Waals surface area contributed by atoms with Crippen molar-refractivity contribution in [2.24, 2.45) is 5.92 Å². The number of carbonyl (C=O) groups is 1. The van der Waals surface area contributed by atoms with Crippen LogP contribution in [0.25, 0.3) is 0 Å². The van der Waals surface area contributed by atoms with Gasteiger partial charge < -0.3 is 5.32 Å². The van der Waals surface area contributed by atoms with Gasteiger partial charge >= 0.3 is 0 Å². The molecule has 0 spiro atoms. The van der Waals surface area contributed by atoms with Crippen LogP contribution in [-0.2, 0) is 14.8 Å². The van der Waals surface area contributed by atoms with Crippen molar-refractivity contribution in [2.45, 2.75) is 30.7 Å². The summed E-state index contributed by atoms with van der Waals surface area (Å²) in [5.41, 5.74) is 1.34. The van der Waals surface area contributed by atoms with Gasteiger partial charge in [-0.3, -0.25) is 4.79 Å². The van der Waals surface area contributed by atoms with Gasteiger partial charge in [0.05, 0.1) is 5.02 Å². The summed E-state index contributed by atoms with van der Waals surface area (Å²) in [5.74, 6) is -0.872. The largest absolute Gasteiger partial charge is 0.326 e. The Hall–Kier alpha value is -1.96. The van der Waals surface area contributed by atoms with E-state index in [-0.39, 0.29) is 16.8 Å². The van der Waals surface area contributed by atoms with Crippen LogP contribution in [0.4, 0.5) is 10.1 Å². The number of nitrogens with one attached hydrogen (secondary N) is 2. The molecule has 2 aromatic rings. The van der Waals surface area contributed by atoms with E-state index in [1.54, 1.807) is 31.2 Å². The first-order valence-corrected chi connectivity index (χ1v) is 10.0. The minimum Gasteiger partial charge on any atom is -0.326 e. The Kier molecular flexibility index (Phi) is 5.32. The van der Waals surface area contributed by atoms with Crippen LogP contribution in [-0.4, -0.2) is 14.3 Å². The minimum absolute atomic E-state index is 0.00272. The van der Waals surface area contributed by atoms with Crippen molar-refractivity contribution >= 4 is 33.2 Å². The lowest BCUT2D eigenvalue weighted by atomic mass is 10.1. The third-order valence-corrected chi connectivity index (χ3v) is 6.01. The van der Waals surface area contributed by atoms with Crippen molar-refractivity contribution in [1.82, 2.24) is 4.72 Å². The maximum absolute atomic E-state index is 14.0. The number of anilines is 1. The minimum atomic E-state index is -4.07. The number of hydrogen-bond donors (Lipinski definition) is 2. The second kappa shape index (κ2) is 7.34. The van der Waals surface area contributed by atoms with Crippen molar-refractivity contribution in [2.75, 3.05) is 5.32 Å². The van der Waals surface area contributed by atoms with E-state index in [0.29, 0.717) is 11.3 Å². The molecule has 138 valence electrons. The molecular weight excluding hydrogens is 379 g/mol. The predicted octanol–water partition coefficient (Wildman–Crippen LogP) is 3.87. The first-order valence-electron chi connectivity index (χ1n) is 8.15. The van der Waals surface area contributed by atoms with E-state index >= 15 is 0 Å². The maximum Gasteiger partial charge on any atom is 0.244 e. The highest BCUT2D eigenvalue weighted by Crippen LogP contribution is 2.30. The van der Waals surface area contributed by atoms with E-state index in [1.165, 1.54) is 12.1 Å². The average Bonchev–Trinajstić information content (AvgIpc) is 3.42. The maximum atomic E-state index is 14.0. The summed E-state index contributed by atoms with van der Waals surface area (Å²) in [4.78, 5) is 11.3. The smallest absolute Gasteiger partial charge is 0.244 e. The van der Waals surface area contributed by atoms with Crippen LogP contribution in [0, 0.1) is 11.7 Å². The summed E-state index contributed by atoms with van der Waals surface area (Å²) in [5, 5.41) is 2.56. The summed E-state index contributed by atoms with van der Waals surface area (Å²) in [6.07, 6.45) is 1.84. The summed E-state index contributed by atoms with van der Waals surface area (Å²) in [6.45, 7) is 1.65. The molecular formula is C18H18ClFN2O3S. The van der Waals surface area contributed by atoms with E-state index < -0.39 is 26.8 Å². The molecule has 3 rings (SSSR count). The van der Waals surface area contributed by atoms with Crippen LogP contribution in [0.15, 0.2) is 47.4 Å². The number of rotatable bonds is 6. The van der Waals surface area contributed by atoms with E-state index in [9.17, 15) is 17.6 Å². The molecule has 0 radical (unpaired) electrons. The number of hydrogen-bond acceptors (Lipinski definition) is 3. The van der Waals surface area contributed by atoms with Crippen LogP contribution in [0.1, 0.15) is 31.4 Å². The molecule has 0 bridgehead atoms. The number of benzene rings is 2. The quantitative estimate of drug-likeness (QED) is 0.778. The Bertz CT molecular complexity index is 928. The molecule has 2 aromatic carbocycles. The van der Waals surface area contributed by atoms with Gasteiger partial charge in [0.25, 0.3) is 0 Å². The molecule has 1 atom stereocenters. The molecule has 1 saturated carbocycles. The molecule has 26 heavy (non-hydrogen) atoms. The van der Waals surface area contributed by atoms with Gasteiger partial charge in [0, 0.05) is 17.6 Å². The Morgan fingerprint density at radius 3 is 2.46 bits per heavy atom.